The summed E-state index contributed by atoms with van der Waals surface area (Å²) < 4.78 is 0. The summed E-state index contributed by atoms with van der Waals surface area (Å²) in [7, 11) is 0. The Hall–Kier alpha value is -2.20. The third-order valence-corrected chi connectivity index (χ3v) is 3.05. The van der Waals surface area contributed by atoms with Crippen molar-refractivity contribution in [3.05, 3.63) is 59.9 Å². The first-order valence-corrected chi connectivity index (χ1v) is 5.87. The van der Waals surface area contributed by atoms with Crippen molar-refractivity contribution >= 4 is 11.6 Å². The molecule has 0 bridgehead atoms. The fourth-order valence-electron chi connectivity index (χ4n) is 2.13. The maximum atomic E-state index is 11.9. The van der Waals surface area contributed by atoms with Crippen molar-refractivity contribution < 1.29 is 4.79 Å². The van der Waals surface area contributed by atoms with Crippen LogP contribution in [0.25, 0.3) is 0 Å². The topological polar surface area (TPSA) is 54.0 Å². The van der Waals surface area contributed by atoms with Crippen LogP contribution in [0.1, 0.15) is 17.2 Å². The second kappa shape index (κ2) is 4.58. The minimum Gasteiger partial charge on any atom is -0.324 e. The van der Waals surface area contributed by atoms with E-state index < -0.39 is 0 Å². The zero-order valence-corrected chi connectivity index (χ0v) is 9.76. The summed E-state index contributed by atoms with van der Waals surface area (Å²) in [6.07, 6.45) is 3.50. The molecule has 1 aromatic carbocycles. The number of carbonyl (C=O) groups excluding carboxylic acids is 1. The van der Waals surface area contributed by atoms with E-state index in [1.807, 2.05) is 36.4 Å². The summed E-state index contributed by atoms with van der Waals surface area (Å²) in [5.41, 5.74) is 3.02. The lowest BCUT2D eigenvalue weighted by molar-refractivity contribution is -0.117. The van der Waals surface area contributed by atoms with E-state index in [1.165, 1.54) is 0 Å². The second-order valence-electron chi connectivity index (χ2n) is 4.25. The first-order chi connectivity index (χ1) is 8.84. The first-order valence-electron chi connectivity index (χ1n) is 5.87. The summed E-state index contributed by atoms with van der Waals surface area (Å²) >= 11 is 0. The number of hydrogen-bond acceptors (Lipinski definition) is 3. The molecular weight excluding hydrogens is 226 g/mol. The Balaban J connectivity index is 1.76. The van der Waals surface area contributed by atoms with Crippen molar-refractivity contribution in [3.8, 4) is 0 Å². The molecule has 0 fully saturated rings. The smallest absolute Gasteiger partial charge is 0.246 e. The maximum absolute atomic E-state index is 11.9. The SMILES string of the molecule is O=C1Nc2ccccc2C1NCc1ccncc1. The average molecular weight is 239 g/mol. The number of anilines is 1. The lowest BCUT2D eigenvalue weighted by atomic mass is 10.1. The number of benzene rings is 1. The van der Waals surface area contributed by atoms with Gasteiger partial charge < -0.3 is 5.32 Å². The van der Waals surface area contributed by atoms with Gasteiger partial charge in [0.05, 0.1) is 0 Å². The van der Waals surface area contributed by atoms with E-state index in [1.54, 1.807) is 12.4 Å². The monoisotopic (exact) mass is 239 g/mol. The van der Waals surface area contributed by atoms with E-state index in [2.05, 4.69) is 15.6 Å². The molecule has 3 rings (SSSR count). The van der Waals surface area contributed by atoms with E-state index in [4.69, 9.17) is 0 Å². The third kappa shape index (κ3) is 1.98. The van der Waals surface area contributed by atoms with Gasteiger partial charge in [-0.1, -0.05) is 18.2 Å². The number of amides is 1. The van der Waals surface area contributed by atoms with Gasteiger partial charge in [-0.15, -0.1) is 0 Å². The summed E-state index contributed by atoms with van der Waals surface area (Å²) in [6, 6.07) is 11.4. The van der Waals surface area contributed by atoms with Crippen molar-refractivity contribution in [1.82, 2.24) is 10.3 Å². The van der Waals surface area contributed by atoms with Crippen LogP contribution in [0, 0.1) is 0 Å². The van der Waals surface area contributed by atoms with Gasteiger partial charge in [0.2, 0.25) is 5.91 Å². The fourth-order valence-corrected chi connectivity index (χ4v) is 2.13. The largest absolute Gasteiger partial charge is 0.324 e. The molecule has 0 radical (unpaired) electrons. The summed E-state index contributed by atoms with van der Waals surface area (Å²) in [5, 5.41) is 6.13. The lowest BCUT2D eigenvalue weighted by Crippen LogP contribution is -2.27. The standard InChI is InChI=1S/C14H13N3O/c18-14-13(11-3-1-2-4-12(11)17-14)16-9-10-5-7-15-8-6-10/h1-8,13,16H,9H2,(H,17,18). The van der Waals surface area contributed by atoms with Crippen LogP contribution in [0.4, 0.5) is 5.69 Å². The van der Waals surface area contributed by atoms with E-state index in [0.29, 0.717) is 6.54 Å². The molecule has 4 nitrogen and oxygen atoms in total. The Morgan fingerprint density at radius 1 is 1.17 bits per heavy atom. The molecule has 0 aliphatic carbocycles. The van der Waals surface area contributed by atoms with Crippen LogP contribution >= 0.6 is 0 Å². The van der Waals surface area contributed by atoms with Gasteiger partial charge in [0.1, 0.15) is 6.04 Å². The van der Waals surface area contributed by atoms with Crippen LogP contribution in [0.2, 0.25) is 0 Å². The highest BCUT2D eigenvalue weighted by atomic mass is 16.2. The first kappa shape index (κ1) is 10.9. The summed E-state index contributed by atoms with van der Waals surface area (Å²) in [6.45, 7) is 0.648. The van der Waals surface area contributed by atoms with Gasteiger partial charge in [-0.2, -0.15) is 0 Å². The molecule has 1 aliphatic heterocycles. The molecule has 1 aromatic heterocycles. The van der Waals surface area contributed by atoms with Crippen molar-refractivity contribution in [3.63, 3.8) is 0 Å². The molecule has 2 N–H and O–H groups in total. The number of nitrogens with one attached hydrogen (secondary N) is 2. The molecule has 1 amide bonds. The van der Waals surface area contributed by atoms with E-state index in [9.17, 15) is 4.79 Å². The van der Waals surface area contributed by atoms with Gasteiger partial charge in [-0.3, -0.25) is 15.1 Å². The van der Waals surface area contributed by atoms with Gasteiger partial charge in [0, 0.05) is 30.2 Å². The van der Waals surface area contributed by atoms with Crippen LogP contribution in [0.5, 0.6) is 0 Å². The molecule has 0 spiro atoms. The molecular formula is C14H13N3O. The highest BCUT2D eigenvalue weighted by molar-refractivity contribution is 6.02. The Morgan fingerprint density at radius 2 is 1.94 bits per heavy atom. The zero-order valence-electron chi connectivity index (χ0n) is 9.76. The third-order valence-electron chi connectivity index (χ3n) is 3.05. The van der Waals surface area contributed by atoms with Crippen molar-refractivity contribution in [1.29, 1.82) is 0 Å². The number of carbonyl (C=O) groups is 1. The molecule has 0 saturated carbocycles. The quantitative estimate of drug-likeness (QED) is 0.859. The molecule has 4 heteroatoms. The predicted molar refractivity (Wildman–Crippen MR) is 68.9 cm³/mol. The predicted octanol–water partition coefficient (Wildman–Crippen LogP) is 1.86. The van der Waals surface area contributed by atoms with Crippen LogP contribution in [0.3, 0.4) is 0 Å². The molecule has 90 valence electrons. The number of fused-ring (bicyclic) bond motifs is 1. The Kier molecular flexibility index (Phi) is 2.78. The number of rotatable bonds is 3. The molecule has 0 saturated heterocycles. The van der Waals surface area contributed by atoms with E-state index in [0.717, 1.165) is 16.8 Å². The van der Waals surface area contributed by atoms with Gasteiger partial charge in [-0.05, 0) is 23.8 Å². The van der Waals surface area contributed by atoms with Crippen LogP contribution < -0.4 is 10.6 Å². The molecule has 18 heavy (non-hydrogen) atoms. The average Bonchev–Trinajstić information content (AvgIpc) is 2.73. The molecule has 2 aromatic rings. The molecule has 1 atom stereocenters. The van der Waals surface area contributed by atoms with Crippen LogP contribution in [0.15, 0.2) is 48.8 Å². The molecule has 2 heterocycles. The number of pyridine rings is 1. The maximum Gasteiger partial charge on any atom is 0.246 e. The van der Waals surface area contributed by atoms with Crippen molar-refractivity contribution in [2.75, 3.05) is 5.32 Å². The summed E-state index contributed by atoms with van der Waals surface area (Å²) in [4.78, 5) is 15.8. The Labute approximate surface area is 105 Å². The highest BCUT2D eigenvalue weighted by Crippen LogP contribution is 2.30. The zero-order chi connectivity index (χ0) is 12.4. The minimum absolute atomic E-state index is 0.00487. The van der Waals surface area contributed by atoms with E-state index in [-0.39, 0.29) is 11.9 Å². The van der Waals surface area contributed by atoms with Crippen molar-refractivity contribution in [2.45, 2.75) is 12.6 Å². The Morgan fingerprint density at radius 3 is 2.78 bits per heavy atom. The summed E-state index contributed by atoms with van der Waals surface area (Å²) in [5.74, 6) is 0.00487. The number of para-hydroxylation sites is 1. The highest BCUT2D eigenvalue weighted by Gasteiger charge is 2.29. The normalized spacial score (nSPS) is 17.3. The molecule has 1 aliphatic rings. The van der Waals surface area contributed by atoms with Crippen LogP contribution in [-0.2, 0) is 11.3 Å². The lowest BCUT2D eigenvalue weighted by Gasteiger charge is -2.11. The fraction of sp³-hybridized carbons (Fsp3) is 0.143. The van der Waals surface area contributed by atoms with Crippen molar-refractivity contribution in [2.24, 2.45) is 0 Å². The number of hydrogen-bond donors (Lipinski definition) is 2. The van der Waals surface area contributed by atoms with Gasteiger partial charge in [0.25, 0.3) is 0 Å². The second-order valence-corrected chi connectivity index (χ2v) is 4.25. The number of nitrogens with zero attached hydrogens (tertiary/aromatic N) is 1. The van der Waals surface area contributed by atoms with Gasteiger partial charge in [0.15, 0.2) is 0 Å². The number of aromatic nitrogens is 1. The molecule has 1 unspecified atom stereocenters. The van der Waals surface area contributed by atoms with Gasteiger partial charge in [-0.25, -0.2) is 0 Å². The van der Waals surface area contributed by atoms with Gasteiger partial charge >= 0.3 is 0 Å². The van der Waals surface area contributed by atoms with Crippen LogP contribution in [-0.4, -0.2) is 10.9 Å². The van der Waals surface area contributed by atoms with E-state index >= 15 is 0 Å². The Bertz CT molecular complexity index is 568. The minimum atomic E-state index is -0.269.